The standard InChI is InChI=1S/C25H19N7OS.C25H24N6O2.C24H16FN7OS/c1-15-16(2)26-10-9-21(15)32-25(33)24-23(30-32)18-5-3-4-6-22(18)31(29-24)12-17-7-8-19(27-11-17)20-13-34-14-28-20;32-22-9-4-3-8-21(22)31-25(33)24-23(28-31)19-6-1-2-7-20(19)30(27-24)16-17-10-12-18(13-11-17)29-15-5-14-26-29;1-14-19(8-9-21(25)28-14)32-24(33)23-22(30-32)16-4-2-3-5-20(16)31(29-23)11-15-6-7-17(26-10-15)18-12-34-13-27-18/h3-11,13-14H,12H2,1-2H3;1-2,5-7,10-15,21-22,32H,3-4,8-9,16H2;2-10,12-13H,11H2,1H3/t;21?,22-;/m.1./s1. The highest BCUT2D eigenvalue weighted by atomic mass is 32.1. The summed E-state index contributed by atoms with van der Waals surface area (Å²) in [6, 6.07) is 45.5. The van der Waals surface area contributed by atoms with Gasteiger partial charge in [-0.1, -0.05) is 91.7 Å². The lowest BCUT2D eigenvalue weighted by Crippen LogP contribution is -2.33. The van der Waals surface area contributed by atoms with Crippen LogP contribution in [-0.2, 0) is 19.6 Å². The zero-order valence-corrected chi connectivity index (χ0v) is 56.1. The summed E-state index contributed by atoms with van der Waals surface area (Å²) in [6.45, 7) is 6.91. The van der Waals surface area contributed by atoms with Crippen molar-refractivity contribution in [3.8, 4) is 74.0 Å². The van der Waals surface area contributed by atoms with Crippen LogP contribution in [-0.4, -0.2) is 110 Å². The number of pyridine rings is 4. The van der Waals surface area contributed by atoms with E-state index < -0.39 is 12.1 Å². The maximum Gasteiger partial charge on any atom is 0.301 e. The largest absolute Gasteiger partial charge is 0.391 e. The quantitative estimate of drug-likeness (QED) is 0.111. The van der Waals surface area contributed by atoms with Crippen molar-refractivity contribution in [3.63, 3.8) is 0 Å². The molecule has 1 N–H and O–H groups in total. The zero-order chi connectivity index (χ0) is 68.8. The average Bonchev–Trinajstić information content (AvgIpc) is 1.63. The van der Waals surface area contributed by atoms with E-state index in [4.69, 9.17) is 10.2 Å². The first kappa shape index (κ1) is 63.4. The second kappa shape index (κ2) is 26.8. The van der Waals surface area contributed by atoms with E-state index in [2.05, 4.69) is 55.4 Å². The van der Waals surface area contributed by atoms with Gasteiger partial charge in [0.15, 0.2) is 17.1 Å². The number of nitrogens with zero attached hydrogens (tertiary/aromatic N) is 20. The molecule has 11 aromatic rings. The lowest BCUT2D eigenvalue weighted by atomic mass is 9.93. The first-order valence-corrected chi connectivity index (χ1v) is 34.4. The highest BCUT2D eigenvalue weighted by Crippen LogP contribution is 2.34. The molecular formula is C74H59FN20O4S2. The number of hydrogen-bond acceptors (Lipinski definition) is 19. The van der Waals surface area contributed by atoms with Gasteiger partial charge in [-0.25, -0.2) is 24.3 Å². The van der Waals surface area contributed by atoms with Crippen LogP contribution in [0.15, 0.2) is 213 Å². The Morgan fingerprint density at radius 1 is 0.475 bits per heavy atom. The summed E-state index contributed by atoms with van der Waals surface area (Å²) in [5.41, 5.74) is 18.5. The Kier molecular flexibility index (Phi) is 16.8. The monoisotopic (exact) mass is 1370 g/mol. The smallest absolute Gasteiger partial charge is 0.301 e. The van der Waals surface area contributed by atoms with Crippen LogP contribution in [0.4, 0.5) is 4.39 Å². The second-order valence-corrected chi connectivity index (χ2v) is 25.9. The second-order valence-electron chi connectivity index (χ2n) is 24.5. The third kappa shape index (κ3) is 12.2. The van der Waals surface area contributed by atoms with Crippen LogP contribution in [0, 0.1) is 26.7 Å². The number of para-hydroxylation sites is 3. The fourth-order valence-corrected chi connectivity index (χ4v) is 13.9. The molecule has 2 atom stereocenters. The summed E-state index contributed by atoms with van der Waals surface area (Å²) in [6.07, 6.45) is 11.8. The van der Waals surface area contributed by atoms with Gasteiger partial charge in [-0.3, -0.25) is 43.4 Å². The van der Waals surface area contributed by atoms with Crippen molar-refractivity contribution in [1.82, 2.24) is 98.4 Å². The SMILES string of the molecule is Cc1nc(F)ccc1-n1nc2c3ccccc3n(Cc3ccc(-c4cscn4)nc3)nc-2c1=O.Cc1nccc(-n2nc3c4ccccc4n(Cc4ccc(-c5cscn5)nc4)nc-3c2=O)c1C.O=c1c2nn(Cc3ccc(-n4cccn4)cc3)c3ccccc3c-2nn1C1CCCC[C@H]1O. The zero-order valence-electron chi connectivity index (χ0n) is 54.5. The van der Waals surface area contributed by atoms with E-state index >= 15 is 0 Å². The molecule has 0 saturated heterocycles. The topological polar surface area (TPSA) is 274 Å². The molecule has 6 aliphatic heterocycles. The van der Waals surface area contributed by atoms with Crippen molar-refractivity contribution in [2.45, 2.75) is 78.2 Å². The van der Waals surface area contributed by atoms with Gasteiger partial charge in [0.2, 0.25) is 5.95 Å². The Labute approximate surface area is 581 Å². The number of aliphatic hydroxyl groups is 1. The summed E-state index contributed by atoms with van der Waals surface area (Å²) in [5, 5.41) is 49.2. The lowest BCUT2D eigenvalue weighted by Gasteiger charge is -2.26. The average molecular weight is 1380 g/mol. The van der Waals surface area contributed by atoms with Gasteiger partial charge in [0.1, 0.15) is 17.1 Å². The van der Waals surface area contributed by atoms with Gasteiger partial charge in [0.05, 0.1) is 105 Å². The molecule has 18 rings (SSSR count). The van der Waals surface area contributed by atoms with Gasteiger partial charge in [0, 0.05) is 63.6 Å². The molecule has 4 aromatic carbocycles. The van der Waals surface area contributed by atoms with E-state index in [1.807, 2.05) is 178 Å². The van der Waals surface area contributed by atoms with Crippen molar-refractivity contribution in [1.29, 1.82) is 0 Å². The Bertz CT molecular complexity index is 5930. The maximum absolute atomic E-state index is 13.5. The molecule has 24 nitrogen and oxygen atoms in total. The Balaban J connectivity index is 0.000000118. The molecule has 1 unspecified atom stereocenters. The number of aliphatic hydroxyl groups excluding tert-OH is 1. The number of benzene rings is 4. The molecule has 101 heavy (non-hydrogen) atoms. The molecule has 1 saturated carbocycles. The molecule has 0 radical (unpaired) electrons. The minimum atomic E-state index is -0.610. The highest BCUT2D eigenvalue weighted by Gasteiger charge is 2.32. The fraction of sp³-hybridized carbons (Fsp3) is 0.162. The predicted molar refractivity (Wildman–Crippen MR) is 383 cm³/mol. The van der Waals surface area contributed by atoms with Crippen LogP contribution in [0.25, 0.3) is 107 Å². The van der Waals surface area contributed by atoms with Crippen molar-refractivity contribution in [2.75, 3.05) is 0 Å². The van der Waals surface area contributed by atoms with Gasteiger partial charge >= 0.3 is 11.1 Å². The van der Waals surface area contributed by atoms with Gasteiger partial charge in [-0.05, 0) is 123 Å². The minimum Gasteiger partial charge on any atom is -0.391 e. The van der Waals surface area contributed by atoms with E-state index in [0.29, 0.717) is 71.6 Å². The normalized spacial score (nSPS) is 13.9. The van der Waals surface area contributed by atoms with Gasteiger partial charge in [-0.15, -0.1) is 22.7 Å². The van der Waals surface area contributed by atoms with E-state index in [1.165, 1.54) is 37.5 Å². The molecule has 0 amide bonds. The first-order chi connectivity index (χ1) is 49.4. The van der Waals surface area contributed by atoms with Gasteiger partial charge in [0.25, 0.3) is 5.56 Å². The van der Waals surface area contributed by atoms with E-state index in [9.17, 15) is 23.9 Å². The van der Waals surface area contributed by atoms with Gasteiger partial charge in [-0.2, -0.15) is 49.4 Å². The Morgan fingerprint density at radius 3 is 1.50 bits per heavy atom. The third-order valence-electron chi connectivity index (χ3n) is 18.1. The Morgan fingerprint density at radius 2 is 0.990 bits per heavy atom. The minimum absolute atomic E-state index is 0.231. The van der Waals surface area contributed by atoms with Crippen LogP contribution in [0.3, 0.4) is 0 Å². The van der Waals surface area contributed by atoms with Crippen molar-refractivity contribution in [3.05, 3.63) is 269 Å². The van der Waals surface area contributed by atoms with E-state index in [1.54, 1.807) is 58.6 Å². The van der Waals surface area contributed by atoms with Crippen LogP contribution in [0.5, 0.6) is 0 Å². The molecule has 0 spiro atoms. The van der Waals surface area contributed by atoms with E-state index in [0.717, 1.165) is 108 Å². The third-order valence-corrected chi connectivity index (χ3v) is 19.3. The fourth-order valence-electron chi connectivity index (χ4n) is 12.8. The predicted octanol–water partition coefficient (Wildman–Crippen LogP) is 11.8. The van der Waals surface area contributed by atoms with Crippen LogP contribution in [0.1, 0.15) is 65.4 Å². The molecule has 498 valence electrons. The number of aryl methyl sites for hydroxylation is 2. The molecule has 27 heteroatoms. The van der Waals surface area contributed by atoms with Crippen molar-refractivity contribution < 1.29 is 9.50 Å². The maximum atomic E-state index is 13.5. The van der Waals surface area contributed by atoms with Crippen LogP contribution in [0.2, 0.25) is 0 Å². The van der Waals surface area contributed by atoms with Crippen molar-refractivity contribution >= 4 is 55.4 Å². The van der Waals surface area contributed by atoms with Crippen molar-refractivity contribution in [2.24, 2.45) is 0 Å². The molecular weight excluding hydrogens is 1320 g/mol. The summed E-state index contributed by atoms with van der Waals surface area (Å²) in [5.74, 6) is -0.610. The highest BCUT2D eigenvalue weighted by molar-refractivity contribution is 7.08. The molecule has 7 aromatic heterocycles. The number of thiazole rings is 2. The number of fused-ring (bicyclic) bond motifs is 9. The molecule has 7 aliphatic rings. The molecule has 1 aliphatic carbocycles. The summed E-state index contributed by atoms with van der Waals surface area (Å²) in [4.78, 5) is 65.8. The van der Waals surface area contributed by atoms with Gasteiger partial charge < -0.3 is 5.11 Å². The first-order valence-electron chi connectivity index (χ1n) is 32.5. The molecule has 0 bridgehead atoms. The number of rotatable bonds is 12. The lowest BCUT2D eigenvalue weighted by molar-refractivity contribution is 0.0681. The summed E-state index contributed by atoms with van der Waals surface area (Å²) in [7, 11) is 0. The summed E-state index contributed by atoms with van der Waals surface area (Å²) < 4.78 is 24.9. The van der Waals surface area contributed by atoms with Crippen LogP contribution < -0.4 is 16.7 Å². The summed E-state index contributed by atoms with van der Waals surface area (Å²) >= 11 is 3.06. The Hall–Kier alpha value is -12.3. The number of hydrogen-bond donors (Lipinski definition) is 1. The number of aromatic nitrogens is 20. The number of halogens is 1. The van der Waals surface area contributed by atoms with Crippen LogP contribution >= 0.6 is 22.7 Å². The molecule has 1 fully saturated rings. The van der Waals surface area contributed by atoms with E-state index in [-0.39, 0.29) is 28.4 Å². The molecule has 13 heterocycles.